The molecule has 1 aliphatic rings. The molecule has 0 saturated carbocycles. The van der Waals surface area contributed by atoms with E-state index in [2.05, 4.69) is 19.2 Å². The van der Waals surface area contributed by atoms with Crippen LogP contribution in [0.2, 0.25) is 0 Å². The smallest absolute Gasteiger partial charge is 0.318 e. The molecule has 122 valence electrons. The average Bonchev–Trinajstić information content (AvgIpc) is 2.55. The average molecular weight is 306 g/mol. The van der Waals surface area contributed by atoms with Crippen LogP contribution in [-0.2, 0) is 9.47 Å². The number of nitrogens with one attached hydrogen (secondary N) is 1. The summed E-state index contributed by atoms with van der Waals surface area (Å²) < 4.78 is 11.0. The fourth-order valence-electron chi connectivity index (χ4n) is 2.63. The Labute approximate surface area is 132 Å². The molecule has 1 heterocycles. The second-order valence-electron chi connectivity index (χ2n) is 5.94. The number of urea groups is 1. The van der Waals surface area contributed by atoms with Crippen molar-refractivity contribution in [2.45, 2.75) is 31.9 Å². The first-order valence-corrected chi connectivity index (χ1v) is 7.81. The number of methoxy groups -OCH3 is 1. The maximum absolute atomic E-state index is 12.6. The first-order chi connectivity index (χ1) is 10.6. The third-order valence-electron chi connectivity index (χ3n) is 4.21. The van der Waals surface area contributed by atoms with Gasteiger partial charge < -0.3 is 19.7 Å². The maximum Gasteiger partial charge on any atom is 0.318 e. The van der Waals surface area contributed by atoms with Crippen LogP contribution in [0.1, 0.15) is 31.9 Å². The van der Waals surface area contributed by atoms with Crippen molar-refractivity contribution in [2.24, 2.45) is 0 Å². The lowest BCUT2D eigenvalue weighted by Crippen LogP contribution is -2.55. The lowest BCUT2D eigenvalue weighted by molar-refractivity contribution is -0.0875. The van der Waals surface area contributed by atoms with Crippen molar-refractivity contribution in [1.82, 2.24) is 10.2 Å². The minimum atomic E-state index is -0.251. The lowest BCUT2D eigenvalue weighted by Gasteiger charge is -2.40. The minimum Gasteiger partial charge on any atom is -0.382 e. The molecule has 2 rings (SSSR count). The topological polar surface area (TPSA) is 50.8 Å². The summed E-state index contributed by atoms with van der Waals surface area (Å²) in [5, 5.41) is 3.07. The van der Waals surface area contributed by atoms with E-state index in [1.54, 1.807) is 7.11 Å². The van der Waals surface area contributed by atoms with E-state index in [4.69, 9.17) is 9.47 Å². The predicted molar refractivity (Wildman–Crippen MR) is 85.8 cm³/mol. The summed E-state index contributed by atoms with van der Waals surface area (Å²) in [6.07, 6.45) is 0.886. The van der Waals surface area contributed by atoms with E-state index in [-0.39, 0.29) is 17.7 Å². The van der Waals surface area contributed by atoms with Crippen LogP contribution < -0.4 is 5.32 Å². The predicted octanol–water partition coefficient (Wildman–Crippen LogP) is 2.58. The minimum absolute atomic E-state index is 0.0612. The monoisotopic (exact) mass is 306 g/mol. The number of benzene rings is 1. The molecule has 5 heteroatoms. The van der Waals surface area contributed by atoms with E-state index in [0.29, 0.717) is 26.3 Å². The molecule has 1 N–H and O–H groups in total. The van der Waals surface area contributed by atoms with Crippen LogP contribution in [0.25, 0.3) is 0 Å². The van der Waals surface area contributed by atoms with E-state index >= 15 is 0 Å². The van der Waals surface area contributed by atoms with Gasteiger partial charge in [-0.1, -0.05) is 37.3 Å². The highest BCUT2D eigenvalue weighted by atomic mass is 16.5. The Morgan fingerprint density at radius 3 is 2.82 bits per heavy atom. The van der Waals surface area contributed by atoms with E-state index in [1.165, 1.54) is 0 Å². The summed E-state index contributed by atoms with van der Waals surface area (Å²) >= 11 is 0. The van der Waals surface area contributed by atoms with E-state index in [1.807, 2.05) is 35.2 Å². The summed E-state index contributed by atoms with van der Waals surface area (Å²) in [4.78, 5) is 14.4. The molecule has 0 spiro atoms. The number of hydrogen-bond acceptors (Lipinski definition) is 3. The molecule has 0 bridgehead atoms. The SMILES string of the molecule is CC[C@]1(C)CN(C(=O)N[C@H](COC)c2ccccc2)CCO1. The fraction of sp³-hybridized carbons (Fsp3) is 0.588. The molecule has 0 radical (unpaired) electrons. The first kappa shape index (κ1) is 16.8. The summed E-state index contributed by atoms with van der Waals surface area (Å²) in [7, 11) is 1.64. The Balaban J connectivity index is 2.02. The first-order valence-electron chi connectivity index (χ1n) is 7.81. The van der Waals surface area contributed by atoms with Gasteiger partial charge in [0.2, 0.25) is 0 Å². The molecule has 0 unspecified atom stereocenters. The summed E-state index contributed by atoms with van der Waals surface area (Å²) in [6.45, 7) is 6.40. The molecule has 0 aliphatic carbocycles. The Hall–Kier alpha value is -1.59. The van der Waals surface area contributed by atoms with Gasteiger partial charge in [-0.25, -0.2) is 4.79 Å². The number of rotatable bonds is 5. The number of amides is 2. The van der Waals surface area contributed by atoms with Crippen LogP contribution in [0.5, 0.6) is 0 Å². The van der Waals surface area contributed by atoms with Crippen molar-refractivity contribution in [1.29, 1.82) is 0 Å². The molecule has 2 atom stereocenters. The molecule has 1 saturated heterocycles. The Morgan fingerprint density at radius 2 is 2.18 bits per heavy atom. The van der Waals surface area contributed by atoms with E-state index < -0.39 is 0 Å². The third-order valence-corrected chi connectivity index (χ3v) is 4.21. The van der Waals surface area contributed by atoms with Gasteiger partial charge in [-0.15, -0.1) is 0 Å². The van der Waals surface area contributed by atoms with Crippen molar-refractivity contribution >= 4 is 6.03 Å². The molecule has 0 aromatic heterocycles. The molecular weight excluding hydrogens is 280 g/mol. The lowest BCUT2D eigenvalue weighted by atomic mass is 10.0. The number of carbonyl (C=O) groups excluding carboxylic acids is 1. The Kier molecular flexibility index (Phi) is 5.80. The van der Waals surface area contributed by atoms with Crippen LogP contribution in [0.4, 0.5) is 4.79 Å². The molecule has 2 amide bonds. The molecule has 5 nitrogen and oxygen atoms in total. The van der Waals surface area contributed by atoms with Gasteiger partial charge >= 0.3 is 6.03 Å². The number of ether oxygens (including phenoxy) is 2. The number of nitrogens with zero attached hydrogens (tertiary/aromatic N) is 1. The quantitative estimate of drug-likeness (QED) is 0.909. The third kappa shape index (κ3) is 4.21. The second kappa shape index (κ2) is 7.61. The standard InChI is InChI=1S/C17H26N2O3/c1-4-17(2)13-19(10-11-22-17)16(20)18-15(12-21-3)14-8-6-5-7-9-14/h5-9,15H,4,10-13H2,1-3H3,(H,18,20)/t15-,17-/m1/s1. The van der Waals surface area contributed by atoms with Gasteiger partial charge in [-0.05, 0) is 18.9 Å². The van der Waals surface area contributed by atoms with Crippen molar-refractivity contribution in [3.8, 4) is 0 Å². The van der Waals surface area contributed by atoms with Crippen molar-refractivity contribution < 1.29 is 14.3 Å². The van der Waals surface area contributed by atoms with E-state index in [0.717, 1.165) is 12.0 Å². The van der Waals surface area contributed by atoms with E-state index in [9.17, 15) is 4.79 Å². The molecule has 1 aliphatic heterocycles. The summed E-state index contributed by atoms with van der Waals surface area (Å²) in [5.74, 6) is 0. The highest BCUT2D eigenvalue weighted by Crippen LogP contribution is 2.21. The molecule has 1 aromatic carbocycles. The normalized spacial score (nSPS) is 23.1. The van der Waals surface area contributed by atoms with Crippen LogP contribution >= 0.6 is 0 Å². The van der Waals surface area contributed by atoms with Gasteiger partial charge in [-0.3, -0.25) is 0 Å². The zero-order valence-corrected chi connectivity index (χ0v) is 13.7. The van der Waals surface area contributed by atoms with Crippen LogP contribution in [-0.4, -0.2) is 49.9 Å². The number of hydrogen-bond donors (Lipinski definition) is 1. The van der Waals surface area contributed by atoms with Crippen molar-refractivity contribution in [3.05, 3.63) is 35.9 Å². The van der Waals surface area contributed by atoms with Crippen molar-refractivity contribution in [2.75, 3.05) is 33.4 Å². The van der Waals surface area contributed by atoms with Gasteiger partial charge in [0.15, 0.2) is 0 Å². The molecule has 22 heavy (non-hydrogen) atoms. The van der Waals surface area contributed by atoms with Gasteiger partial charge in [0, 0.05) is 13.7 Å². The summed E-state index contributed by atoms with van der Waals surface area (Å²) in [6, 6.07) is 9.69. The van der Waals surface area contributed by atoms with Crippen LogP contribution in [0.3, 0.4) is 0 Å². The van der Waals surface area contributed by atoms with Gasteiger partial charge in [0.1, 0.15) is 0 Å². The maximum atomic E-state index is 12.6. The molecule has 1 aromatic rings. The Morgan fingerprint density at radius 1 is 1.45 bits per heavy atom. The zero-order valence-electron chi connectivity index (χ0n) is 13.7. The highest BCUT2D eigenvalue weighted by Gasteiger charge is 2.33. The molecule has 1 fully saturated rings. The van der Waals surface area contributed by atoms with Gasteiger partial charge in [-0.2, -0.15) is 0 Å². The zero-order chi connectivity index (χ0) is 16.0. The highest BCUT2D eigenvalue weighted by molar-refractivity contribution is 5.75. The molecular formula is C17H26N2O3. The van der Waals surface area contributed by atoms with Gasteiger partial charge in [0.25, 0.3) is 0 Å². The van der Waals surface area contributed by atoms with Crippen LogP contribution in [0.15, 0.2) is 30.3 Å². The summed E-state index contributed by atoms with van der Waals surface area (Å²) in [5.41, 5.74) is 0.795. The Bertz CT molecular complexity index is 480. The second-order valence-corrected chi connectivity index (χ2v) is 5.94. The number of carbonyl (C=O) groups is 1. The van der Waals surface area contributed by atoms with Gasteiger partial charge in [0.05, 0.1) is 31.4 Å². The van der Waals surface area contributed by atoms with Crippen LogP contribution in [0, 0.1) is 0 Å². The largest absolute Gasteiger partial charge is 0.382 e. The number of morpholine rings is 1. The fourth-order valence-corrected chi connectivity index (χ4v) is 2.63. The van der Waals surface area contributed by atoms with Crippen molar-refractivity contribution in [3.63, 3.8) is 0 Å².